The lowest BCUT2D eigenvalue weighted by Crippen LogP contribution is -2.27. The molecule has 0 heterocycles. The molecule has 1 N–H and O–H groups in total. The van der Waals surface area contributed by atoms with Crippen molar-refractivity contribution in [3.05, 3.63) is 54.1 Å². The number of amides is 1. The fourth-order valence-corrected chi connectivity index (χ4v) is 3.11. The first kappa shape index (κ1) is 21.9. The van der Waals surface area contributed by atoms with Crippen LogP contribution in [0.15, 0.2) is 48.5 Å². The van der Waals surface area contributed by atoms with Gasteiger partial charge in [0.1, 0.15) is 5.60 Å². The van der Waals surface area contributed by atoms with Crippen LogP contribution in [-0.2, 0) is 21.4 Å². The number of hydrogen-bond acceptors (Lipinski definition) is 4. The highest BCUT2D eigenvalue weighted by Gasteiger charge is 2.17. The van der Waals surface area contributed by atoms with Gasteiger partial charge in [-0.1, -0.05) is 32.9 Å². The minimum Gasteiger partial charge on any atom is -0.755 e. The Bertz CT molecular complexity index is 835. The fourth-order valence-electron chi connectivity index (χ4n) is 2.52. The summed E-state index contributed by atoms with van der Waals surface area (Å²) in [5.41, 5.74) is 2.01. The monoisotopic (exact) mass is 403 g/mol. The predicted octanol–water partition coefficient (Wildman–Crippen LogP) is 5.26. The van der Waals surface area contributed by atoms with Gasteiger partial charge in [0.15, 0.2) is 0 Å². The Morgan fingerprint density at radius 2 is 1.39 bits per heavy atom. The lowest BCUT2D eigenvalue weighted by molar-refractivity contribution is 0.0636. The van der Waals surface area contributed by atoms with Crippen molar-refractivity contribution in [2.45, 2.75) is 52.6 Å². The van der Waals surface area contributed by atoms with E-state index in [0.717, 1.165) is 5.56 Å². The second-order valence-corrected chi connectivity index (χ2v) is 9.28. The van der Waals surface area contributed by atoms with Gasteiger partial charge in [0.2, 0.25) is 0 Å². The zero-order valence-corrected chi connectivity index (χ0v) is 17.9. The third kappa shape index (κ3) is 6.07. The average Bonchev–Trinajstić information content (AvgIpc) is 2.54. The van der Waals surface area contributed by atoms with E-state index in [1.807, 2.05) is 12.1 Å². The Morgan fingerprint density at radius 1 is 0.929 bits per heavy atom. The first-order valence-corrected chi connectivity index (χ1v) is 10.0. The van der Waals surface area contributed by atoms with Crippen molar-refractivity contribution in [2.24, 2.45) is 0 Å². The van der Waals surface area contributed by atoms with Crippen molar-refractivity contribution in [2.75, 3.05) is 9.62 Å². The summed E-state index contributed by atoms with van der Waals surface area (Å²) >= 11 is -2.49. The SMILES string of the molecule is CC(C)(C)OC(=O)Nc1ccc(N(c2ccc(C(C)(C)C)cc2)S(=O)[O-])cc1. The zero-order valence-electron chi connectivity index (χ0n) is 17.1. The molecular weight excluding hydrogens is 376 g/mol. The number of hydrogen-bond donors (Lipinski definition) is 1. The van der Waals surface area contributed by atoms with Crippen LogP contribution in [0.4, 0.5) is 21.9 Å². The molecular formula is C21H27N2O4S-. The molecule has 0 bridgehead atoms. The van der Waals surface area contributed by atoms with E-state index in [-0.39, 0.29) is 5.41 Å². The van der Waals surface area contributed by atoms with Crippen LogP contribution in [0, 0.1) is 0 Å². The van der Waals surface area contributed by atoms with Gasteiger partial charge < -0.3 is 9.29 Å². The van der Waals surface area contributed by atoms with Gasteiger partial charge in [-0.15, -0.1) is 0 Å². The van der Waals surface area contributed by atoms with Crippen LogP contribution < -0.4 is 9.62 Å². The van der Waals surface area contributed by atoms with Crippen molar-refractivity contribution in [3.8, 4) is 0 Å². The molecule has 0 aromatic heterocycles. The first-order valence-electron chi connectivity index (χ1n) is 8.97. The highest BCUT2D eigenvalue weighted by Crippen LogP contribution is 2.30. The summed E-state index contributed by atoms with van der Waals surface area (Å²) < 4.78 is 30.1. The highest BCUT2D eigenvalue weighted by molar-refractivity contribution is 7.81. The van der Waals surface area contributed by atoms with E-state index in [1.54, 1.807) is 57.2 Å². The van der Waals surface area contributed by atoms with Crippen molar-refractivity contribution < 1.29 is 18.3 Å². The molecule has 28 heavy (non-hydrogen) atoms. The van der Waals surface area contributed by atoms with Crippen LogP contribution in [-0.4, -0.2) is 20.5 Å². The lowest BCUT2D eigenvalue weighted by atomic mass is 9.87. The molecule has 0 fully saturated rings. The predicted molar refractivity (Wildman–Crippen MR) is 112 cm³/mol. The Labute approximate surface area is 169 Å². The Kier molecular flexibility index (Phi) is 6.52. The van der Waals surface area contributed by atoms with E-state index in [0.29, 0.717) is 17.1 Å². The third-order valence-corrected chi connectivity index (χ3v) is 4.58. The molecule has 2 aromatic rings. The minimum absolute atomic E-state index is 0.0189. The topological polar surface area (TPSA) is 81.7 Å². The molecule has 2 rings (SSSR count). The number of carbonyl (C=O) groups excluding carboxylic acids is 1. The van der Waals surface area contributed by atoms with Crippen LogP contribution >= 0.6 is 0 Å². The summed E-state index contributed by atoms with van der Waals surface area (Å²) in [5.74, 6) is 0. The Hall–Kier alpha value is -2.38. The maximum atomic E-state index is 11.8. The normalized spacial score (nSPS) is 13.0. The van der Waals surface area contributed by atoms with Crippen LogP contribution in [0.5, 0.6) is 0 Å². The van der Waals surface area contributed by atoms with E-state index in [2.05, 4.69) is 26.1 Å². The molecule has 0 aliphatic rings. The molecule has 0 saturated carbocycles. The number of ether oxygens (including phenoxy) is 1. The summed E-state index contributed by atoms with van der Waals surface area (Å²) in [5, 5.41) is 2.62. The van der Waals surface area contributed by atoms with Crippen molar-refractivity contribution >= 4 is 34.4 Å². The number of rotatable bonds is 4. The quantitative estimate of drug-likeness (QED) is 0.706. The van der Waals surface area contributed by atoms with Gasteiger partial charge in [0.05, 0.1) is 22.6 Å². The number of anilines is 3. The number of carbonyl (C=O) groups is 1. The molecule has 1 unspecified atom stereocenters. The smallest absolute Gasteiger partial charge is 0.412 e. The van der Waals surface area contributed by atoms with Crippen LogP contribution in [0.25, 0.3) is 0 Å². The molecule has 0 aliphatic carbocycles. The van der Waals surface area contributed by atoms with Crippen molar-refractivity contribution in [1.29, 1.82) is 0 Å². The van der Waals surface area contributed by atoms with Crippen molar-refractivity contribution in [3.63, 3.8) is 0 Å². The van der Waals surface area contributed by atoms with E-state index in [4.69, 9.17) is 4.74 Å². The maximum Gasteiger partial charge on any atom is 0.412 e. The lowest BCUT2D eigenvalue weighted by Gasteiger charge is -2.28. The van der Waals surface area contributed by atoms with Gasteiger partial charge in [-0.25, -0.2) is 4.79 Å². The molecule has 7 heteroatoms. The molecule has 152 valence electrons. The molecule has 0 spiro atoms. The van der Waals surface area contributed by atoms with Gasteiger partial charge in [0, 0.05) is 5.69 Å². The summed E-state index contributed by atoms with van der Waals surface area (Å²) in [6.07, 6.45) is -0.567. The van der Waals surface area contributed by atoms with Gasteiger partial charge in [-0.2, -0.15) is 0 Å². The van der Waals surface area contributed by atoms with E-state index < -0.39 is 23.0 Å². The second-order valence-electron chi connectivity index (χ2n) is 8.48. The molecule has 0 saturated heterocycles. The molecule has 2 aromatic carbocycles. The summed E-state index contributed by atoms with van der Waals surface area (Å²) in [6, 6.07) is 13.9. The number of benzene rings is 2. The highest BCUT2D eigenvalue weighted by atomic mass is 32.2. The standard InChI is InChI=1S/C21H28N2O4S/c1-20(2,3)15-7-11-17(12-8-15)23(28(25)26)18-13-9-16(10-14-18)22-19(24)27-21(4,5)6/h7-14H,1-6H3,(H,22,24)(H,25,26)/p-1. The van der Waals surface area contributed by atoms with Crippen LogP contribution in [0.1, 0.15) is 47.1 Å². The third-order valence-electron chi connectivity index (χ3n) is 3.86. The van der Waals surface area contributed by atoms with Crippen LogP contribution in [0.2, 0.25) is 0 Å². The summed E-state index contributed by atoms with van der Waals surface area (Å²) in [4.78, 5) is 11.8. The summed E-state index contributed by atoms with van der Waals surface area (Å²) in [7, 11) is 0. The molecule has 6 nitrogen and oxygen atoms in total. The zero-order chi connectivity index (χ0) is 21.1. The van der Waals surface area contributed by atoms with Crippen molar-refractivity contribution in [1.82, 2.24) is 0 Å². The summed E-state index contributed by atoms with van der Waals surface area (Å²) in [6.45, 7) is 11.6. The van der Waals surface area contributed by atoms with Gasteiger partial charge in [-0.05, 0) is 68.1 Å². The fraction of sp³-hybridized carbons (Fsp3) is 0.381. The van der Waals surface area contributed by atoms with Gasteiger partial charge in [-0.3, -0.25) is 13.8 Å². The Morgan fingerprint density at radius 3 is 1.79 bits per heavy atom. The minimum atomic E-state index is -2.49. The van der Waals surface area contributed by atoms with Gasteiger partial charge in [0.25, 0.3) is 0 Å². The van der Waals surface area contributed by atoms with E-state index in [1.165, 1.54) is 4.31 Å². The molecule has 1 amide bonds. The largest absolute Gasteiger partial charge is 0.755 e. The number of nitrogens with zero attached hydrogens (tertiary/aromatic N) is 1. The second kappa shape index (κ2) is 8.32. The molecule has 0 aliphatic heterocycles. The maximum absolute atomic E-state index is 11.8. The van der Waals surface area contributed by atoms with E-state index >= 15 is 0 Å². The first-order chi connectivity index (χ1) is 12.9. The average molecular weight is 404 g/mol. The van der Waals surface area contributed by atoms with E-state index in [9.17, 15) is 13.6 Å². The number of nitrogens with one attached hydrogen (secondary N) is 1. The van der Waals surface area contributed by atoms with Gasteiger partial charge >= 0.3 is 6.09 Å². The van der Waals surface area contributed by atoms with Crippen LogP contribution in [0.3, 0.4) is 0 Å². The Balaban J connectivity index is 2.21. The molecule has 1 atom stereocenters. The molecule has 0 radical (unpaired) electrons.